The second-order valence-corrected chi connectivity index (χ2v) is 4.14. The molecule has 0 unspecified atom stereocenters. The van der Waals surface area contributed by atoms with Crippen molar-refractivity contribution >= 4 is 5.91 Å². The molecule has 0 aliphatic heterocycles. The van der Waals surface area contributed by atoms with Crippen LogP contribution in [0, 0.1) is 17.2 Å². The minimum absolute atomic E-state index is 0.0439. The van der Waals surface area contributed by atoms with Gasteiger partial charge in [-0.25, -0.2) is 8.78 Å². The Balaban J connectivity index is 2.53. The van der Waals surface area contributed by atoms with Gasteiger partial charge in [-0.2, -0.15) is 5.26 Å². The molecule has 3 nitrogen and oxygen atoms in total. The van der Waals surface area contributed by atoms with E-state index in [1.165, 1.54) is 4.90 Å². The average Bonchev–Trinajstić information content (AvgIpc) is 2.25. The van der Waals surface area contributed by atoms with Crippen LogP contribution in [0.1, 0.15) is 32.6 Å². The fourth-order valence-electron chi connectivity index (χ4n) is 1.98. The van der Waals surface area contributed by atoms with Gasteiger partial charge in [0.25, 0.3) is 0 Å². The molecule has 1 aliphatic rings. The fraction of sp³-hybridized carbons (Fsp3) is 0.818. The Hall–Kier alpha value is -1.18. The van der Waals surface area contributed by atoms with Crippen LogP contribution in [-0.2, 0) is 4.79 Å². The average molecular weight is 230 g/mol. The van der Waals surface area contributed by atoms with E-state index in [0.717, 1.165) is 0 Å². The SMILES string of the molecule is CCN(CC#N)C(=O)C1CCC(F)(F)CC1. The third-order valence-corrected chi connectivity index (χ3v) is 3.02. The lowest BCUT2D eigenvalue weighted by Gasteiger charge is -2.30. The van der Waals surface area contributed by atoms with Crippen LogP contribution in [0.3, 0.4) is 0 Å². The summed E-state index contributed by atoms with van der Waals surface area (Å²) in [6.07, 6.45) is 0.0303. The topological polar surface area (TPSA) is 44.1 Å². The van der Waals surface area contributed by atoms with Crippen LogP contribution in [0.25, 0.3) is 0 Å². The number of alkyl halides is 2. The van der Waals surface area contributed by atoms with Gasteiger partial charge in [0, 0.05) is 25.3 Å². The number of halogens is 2. The highest BCUT2D eigenvalue weighted by molar-refractivity contribution is 5.79. The van der Waals surface area contributed by atoms with Gasteiger partial charge < -0.3 is 4.90 Å². The van der Waals surface area contributed by atoms with Crippen molar-refractivity contribution in [1.29, 1.82) is 5.26 Å². The number of carbonyl (C=O) groups excluding carboxylic acids is 1. The van der Waals surface area contributed by atoms with Gasteiger partial charge in [0.1, 0.15) is 6.54 Å². The van der Waals surface area contributed by atoms with E-state index in [2.05, 4.69) is 0 Å². The lowest BCUT2D eigenvalue weighted by atomic mass is 9.86. The monoisotopic (exact) mass is 230 g/mol. The highest BCUT2D eigenvalue weighted by Crippen LogP contribution is 2.36. The van der Waals surface area contributed by atoms with E-state index in [4.69, 9.17) is 5.26 Å². The van der Waals surface area contributed by atoms with Gasteiger partial charge in [-0.3, -0.25) is 4.79 Å². The summed E-state index contributed by atoms with van der Waals surface area (Å²) in [6.45, 7) is 2.29. The van der Waals surface area contributed by atoms with Crippen LogP contribution in [0.2, 0.25) is 0 Å². The maximum Gasteiger partial charge on any atom is 0.248 e. The largest absolute Gasteiger partial charge is 0.329 e. The lowest BCUT2D eigenvalue weighted by molar-refractivity contribution is -0.138. The van der Waals surface area contributed by atoms with Crippen molar-refractivity contribution in [2.45, 2.75) is 38.5 Å². The summed E-state index contributed by atoms with van der Waals surface area (Å²) >= 11 is 0. The molecule has 90 valence electrons. The summed E-state index contributed by atoms with van der Waals surface area (Å²) in [4.78, 5) is 13.3. The van der Waals surface area contributed by atoms with Gasteiger partial charge in [0.15, 0.2) is 0 Å². The first-order chi connectivity index (χ1) is 7.50. The molecule has 0 spiro atoms. The standard InChI is InChI=1S/C11H16F2N2O/c1-2-15(8-7-14)10(16)9-3-5-11(12,13)6-4-9/h9H,2-6,8H2,1H3. The van der Waals surface area contributed by atoms with Gasteiger partial charge in [-0.15, -0.1) is 0 Å². The van der Waals surface area contributed by atoms with Gasteiger partial charge in [-0.1, -0.05) is 0 Å². The van der Waals surface area contributed by atoms with E-state index in [1.54, 1.807) is 6.92 Å². The zero-order chi connectivity index (χ0) is 12.2. The fourth-order valence-corrected chi connectivity index (χ4v) is 1.98. The van der Waals surface area contributed by atoms with Crippen LogP contribution in [0.5, 0.6) is 0 Å². The van der Waals surface area contributed by atoms with Crippen molar-refractivity contribution in [3.05, 3.63) is 0 Å². The molecule has 0 aromatic rings. The molecular formula is C11H16F2N2O. The van der Waals surface area contributed by atoms with E-state index >= 15 is 0 Å². The van der Waals surface area contributed by atoms with Gasteiger partial charge in [0.05, 0.1) is 6.07 Å². The number of nitrogens with zero attached hydrogens (tertiary/aromatic N) is 2. The van der Waals surface area contributed by atoms with Crippen molar-refractivity contribution in [3.8, 4) is 6.07 Å². The first-order valence-electron chi connectivity index (χ1n) is 5.53. The quantitative estimate of drug-likeness (QED) is 0.697. The molecule has 0 aromatic heterocycles. The molecule has 0 N–H and O–H groups in total. The number of nitriles is 1. The Morgan fingerprint density at radius 1 is 1.50 bits per heavy atom. The van der Waals surface area contributed by atoms with Gasteiger partial charge >= 0.3 is 0 Å². The highest BCUT2D eigenvalue weighted by Gasteiger charge is 2.38. The second-order valence-electron chi connectivity index (χ2n) is 4.14. The molecule has 16 heavy (non-hydrogen) atoms. The third-order valence-electron chi connectivity index (χ3n) is 3.02. The first kappa shape index (κ1) is 12.9. The summed E-state index contributed by atoms with van der Waals surface area (Å²) in [6, 6.07) is 1.91. The van der Waals surface area contributed by atoms with Crippen molar-refractivity contribution < 1.29 is 13.6 Å². The van der Waals surface area contributed by atoms with Crippen LogP contribution in [-0.4, -0.2) is 29.8 Å². The molecule has 5 heteroatoms. The van der Waals surface area contributed by atoms with Crippen molar-refractivity contribution in [3.63, 3.8) is 0 Å². The van der Waals surface area contributed by atoms with E-state index in [0.29, 0.717) is 6.54 Å². The predicted molar refractivity (Wildman–Crippen MR) is 54.8 cm³/mol. The second kappa shape index (κ2) is 5.24. The highest BCUT2D eigenvalue weighted by atomic mass is 19.3. The van der Waals surface area contributed by atoms with Crippen LogP contribution in [0.4, 0.5) is 8.78 Å². The molecule has 1 amide bonds. The van der Waals surface area contributed by atoms with Crippen LogP contribution in [0.15, 0.2) is 0 Å². The summed E-state index contributed by atoms with van der Waals surface area (Å²) in [5.74, 6) is -3.09. The molecule has 0 atom stereocenters. The zero-order valence-corrected chi connectivity index (χ0v) is 9.38. The molecular weight excluding hydrogens is 214 g/mol. The molecule has 0 heterocycles. The summed E-state index contributed by atoms with van der Waals surface area (Å²) in [7, 11) is 0. The Morgan fingerprint density at radius 3 is 2.50 bits per heavy atom. The number of hydrogen-bond acceptors (Lipinski definition) is 2. The van der Waals surface area contributed by atoms with E-state index < -0.39 is 5.92 Å². The molecule has 0 aromatic carbocycles. The first-order valence-corrected chi connectivity index (χ1v) is 5.53. The molecule has 0 radical (unpaired) electrons. The van der Waals surface area contributed by atoms with Crippen molar-refractivity contribution in [1.82, 2.24) is 4.90 Å². The smallest absolute Gasteiger partial charge is 0.248 e. The van der Waals surface area contributed by atoms with E-state index in [1.807, 2.05) is 6.07 Å². The van der Waals surface area contributed by atoms with Crippen molar-refractivity contribution in [2.75, 3.05) is 13.1 Å². The minimum Gasteiger partial charge on any atom is -0.329 e. The zero-order valence-electron chi connectivity index (χ0n) is 9.38. The number of carbonyl (C=O) groups is 1. The lowest BCUT2D eigenvalue weighted by Crippen LogP contribution is -2.39. The summed E-state index contributed by atoms with van der Waals surface area (Å²) in [5, 5.41) is 8.53. The molecule has 1 aliphatic carbocycles. The number of rotatable bonds is 3. The Morgan fingerprint density at radius 2 is 2.06 bits per heavy atom. The normalized spacial score (nSPS) is 20.1. The van der Waals surface area contributed by atoms with E-state index in [9.17, 15) is 13.6 Å². The molecule has 1 rings (SSSR count). The Kier molecular flexibility index (Phi) is 4.22. The maximum atomic E-state index is 12.9. The number of hydrogen-bond donors (Lipinski definition) is 0. The Bertz CT molecular complexity index is 289. The van der Waals surface area contributed by atoms with Gasteiger partial charge in [-0.05, 0) is 19.8 Å². The van der Waals surface area contributed by atoms with Crippen LogP contribution < -0.4 is 0 Å². The predicted octanol–water partition coefficient (Wildman–Crippen LogP) is 2.18. The maximum absolute atomic E-state index is 12.9. The van der Waals surface area contributed by atoms with Crippen molar-refractivity contribution in [2.24, 2.45) is 5.92 Å². The summed E-state index contributed by atoms with van der Waals surface area (Å²) in [5.41, 5.74) is 0. The summed E-state index contributed by atoms with van der Waals surface area (Å²) < 4.78 is 25.8. The molecule has 1 fully saturated rings. The third kappa shape index (κ3) is 3.16. The van der Waals surface area contributed by atoms with Crippen LogP contribution >= 0.6 is 0 Å². The Labute approximate surface area is 94.0 Å². The molecule has 0 bridgehead atoms. The number of amides is 1. The minimum atomic E-state index is -2.61. The molecule has 0 saturated heterocycles. The van der Waals surface area contributed by atoms with E-state index in [-0.39, 0.29) is 44.1 Å². The van der Waals surface area contributed by atoms with Gasteiger partial charge in [0.2, 0.25) is 11.8 Å². The molecule has 1 saturated carbocycles.